The minimum atomic E-state index is -0.429. The Kier molecular flexibility index (Phi) is 6.62. The van der Waals surface area contributed by atoms with Gasteiger partial charge in [-0.2, -0.15) is 0 Å². The van der Waals surface area contributed by atoms with Crippen molar-refractivity contribution in [1.29, 1.82) is 0 Å². The molecule has 0 bridgehead atoms. The number of fused-ring (bicyclic) bond motifs is 5. The van der Waals surface area contributed by atoms with Gasteiger partial charge in [0.05, 0.1) is 12.1 Å². The minimum absolute atomic E-state index is 0.0192. The molecule has 0 aromatic carbocycles. The van der Waals surface area contributed by atoms with Crippen LogP contribution in [0.5, 0.6) is 0 Å². The standard InChI is InChI=1S/C28H48N2O2/c1-8-17(2)26(32)29-24-15-19-9-10-20-22-12-11-21(18(3)30(6)7)27(22,4)14-13-23(20)28(19,5)16-25(24)31/h8,18-25,31H,9-16H2,1-7H3,(H,29,32)/b17-8+/t18-,19-,20-,21+,22-,23-,24+,25+,27+,28-/m0/s1. The largest absolute Gasteiger partial charge is 0.391 e. The molecule has 0 aromatic rings. The first-order chi connectivity index (χ1) is 15.0. The summed E-state index contributed by atoms with van der Waals surface area (Å²) in [6.07, 6.45) is 11.3. The van der Waals surface area contributed by atoms with E-state index in [9.17, 15) is 9.90 Å². The molecule has 4 aliphatic carbocycles. The highest BCUT2D eigenvalue weighted by molar-refractivity contribution is 5.92. The second-order valence-corrected chi connectivity index (χ2v) is 12.6. The van der Waals surface area contributed by atoms with E-state index in [2.05, 4.69) is 45.1 Å². The summed E-state index contributed by atoms with van der Waals surface area (Å²) in [5.74, 6) is 3.80. The van der Waals surface area contributed by atoms with E-state index in [1.165, 1.54) is 38.5 Å². The number of carbonyl (C=O) groups excluding carboxylic acids is 1. The first kappa shape index (κ1) is 24.3. The summed E-state index contributed by atoms with van der Waals surface area (Å²) in [5, 5.41) is 14.3. The maximum atomic E-state index is 12.5. The van der Waals surface area contributed by atoms with Crippen LogP contribution < -0.4 is 5.32 Å². The zero-order chi connectivity index (χ0) is 23.4. The molecule has 0 radical (unpaired) electrons. The molecule has 0 heterocycles. The summed E-state index contributed by atoms with van der Waals surface area (Å²) in [5.41, 5.74) is 1.43. The highest BCUT2D eigenvalue weighted by Gasteiger charge is 2.61. The SMILES string of the molecule is C/C=C(\C)C(=O)N[C@@H]1C[C@@H]2CC[C@@H]3[C@H](CC[C@]4(C)[C@@H]([C@H](C)N(C)C)CC[C@@H]34)[C@@]2(C)C[C@H]1O. The number of nitrogens with one attached hydrogen (secondary N) is 1. The van der Waals surface area contributed by atoms with Gasteiger partial charge in [-0.05, 0) is 127 Å². The Hall–Kier alpha value is -0.870. The fraction of sp³-hybridized carbons (Fsp3) is 0.893. The molecule has 1 amide bonds. The van der Waals surface area contributed by atoms with Gasteiger partial charge in [0.15, 0.2) is 0 Å². The fourth-order valence-electron chi connectivity index (χ4n) is 9.06. The summed E-state index contributed by atoms with van der Waals surface area (Å²) < 4.78 is 0. The van der Waals surface area contributed by atoms with Crippen LogP contribution in [0.3, 0.4) is 0 Å². The van der Waals surface area contributed by atoms with Crippen molar-refractivity contribution in [2.24, 2.45) is 40.4 Å². The zero-order valence-electron chi connectivity index (χ0n) is 21.7. The van der Waals surface area contributed by atoms with Gasteiger partial charge in [0, 0.05) is 11.6 Å². The molecule has 4 aliphatic rings. The lowest BCUT2D eigenvalue weighted by Crippen LogP contribution is -2.59. The molecule has 0 spiro atoms. The Bertz CT molecular complexity index is 748. The predicted octanol–water partition coefficient (Wildman–Crippen LogP) is 5.02. The molecular formula is C28H48N2O2. The lowest BCUT2D eigenvalue weighted by atomic mass is 9.44. The number of nitrogens with zero attached hydrogens (tertiary/aromatic N) is 1. The van der Waals surface area contributed by atoms with Crippen molar-refractivity contribution < 1.29 is 9.90 Å². The van der Waals surface area contributed by atoms with Gasteiger partial charge < -0.3 is 15.3 Å². The van der Waals surface area contributed by atoms with Crippen LogP contribution in [-0.2, 0) is 4.79 Å². The van der Waals surface area contributed by atoms with Gasteiger partial charge in [0.1, 0.15) is 0 Å². The van der Waals surface area contributed by atoms with Crippen LogP contribution in [0.25, 0.3) is 0 Å². The van der Waals surface area contributed by atoms with Crippen molar-refractivity contribution in [3.63, 3.8) is 0 Å². The van der Waals surface area contributed by atoms with Crippen LogP contribution in [0.1, 0.15) is 86.0 Å². The number of allylic oxidation sites excluding steroid dienone is 1. The van der Waals surface area contributed by atoms with Gasteiger partial charge in [-0.1, -0.05) is 19.9 Å². The van der Waals surface area contributed by atoms with Crippen LogP contribution in [-0.4, -0.2) is 48.2 Å². The Morgan fingerprint density at radius 2 is 1.78 bits per heavy atom. The minimum Gasteiger partial charge on any atom is -0.391 e. The maximum Gasteiger partial charge on any atom is 0.246 e. The molecule has 4 saturated carbocycles. The van der Waals surface area contributed by atoms with Crippen LogP contribution in [0, 0.1) is 40.4 Å². The van der Waals surface area contributed by atoms with Crippen LogP contribution in [0.2, 0.25) is 0 Å². The Balaban J connectivity index is 1.51. The summed E-state index contributed by atoms with van der Waals surface area (Å²) >= 11 is 0. The van der Waals surface area contributed by atoms with E-state index in [0.717, 1.165) is 42.1 Å². The Labute approximate surface area is 196 Å². The average Bonchev–Trinajstić information content (AvgIpc) is 3.10. The highest BCUT2D eigenvalue weighted by atomic mass is 16.3. The molecule has 182 valence electrons. The quantitative estimate of drug-likeness (QED) is 0.599. The number of aliphatic hydroxyl groups is 1. The van der Waals surface area contributed by atoms with Gasteiger partial charge in [-0.3, -0.25) is 4.79 Å². The number of hydrogen-bond donors (Lipinski definition) is 2. The number of rotatable bonds is 4. The summed E-state index contributed by atoms with van der Waals surface area (Å²) in [6.45, 7) is 11.3. The number of aliphatic hydroxyl groups excluding tert-OH is 1. The lowest BCUT2D eigenvalue weighted by Gasteiger charge is -2.62. The first-order valence-electron chi connectivity index (χ1n) is 13.3. The topological polar surface area (TPSA) is 52.6 Å². The second-order valence-electron chi connectivity index (χ2n) is 12.6. The van der Waals surface area contributed by atoms with Gasteiger partial charge in [0.2, 0.25) is 5.91 Å². The van der Waals surface area contributed by atoms with Crippen LogP contribution >= 0.6 is 0 Å². The van der Waals surface area contributed by atoms with Gasteiger partial charge in [-0.15, -0.1) is 0 Å². The second kappa shape index (κ2) is 8.73. The zero-order valence-corrected chi connectivity index (χ0v) is 21.7. The van der Waals surface area contributed by atoms with Crippen molar-refractivity contribution in [2.75, 3.05) is 14.1 Å². The third kappa shape index (κ3) is 3.78. The molecule has 0 unspecified atom stereocenters. The molecule has 0 aromatic heterocycles. The van der Waals surface area contributed by atoms with Crippen molar-refractivity contribution in [3.05, 3.63) is 11.6 Å². The van der Waals surface area contributed by atoms with E-state index in [-0.39, 0.29) is 17.4 Å². The molecule has 4 nitrogen and oxygen atoms in total. The fourth-order valence-corrected chi connectivity index (χ4v) is 9.06. The molecule has 10 atom stereocenters. The van der Waals surface area contributed by atoms with E-state index in [0.29, 0.717) is 17.4 Å². The molecule has 32 heavy (non-hydrogen) atoms. The first-order valence-corrected chi connectivity index (χ1v) is 13.3. The van der Waals surface area contributed by atoms with Crippen molar-refractivity contribution in [3.8, 4) is 0 Å². The van der Waals surface area contributed by atoms with Gasteiger partial charge in [-0.25, -0.2) is 0 Å². The molecule has 4 heteroatoms. The Morgan fingerprint density at radius 3 is 2.44 bits per heavy atom. The van der Waals surface area contributed by atoms with Crippen molar-refractivity contribution >= 4 is 5.91 Å². The average molecular weight is 445 g/mol. The van der Waals surface area contributed by atoms with E-state index >= 15 is 0 Å². The molecular weight excluding hydrogens is 396 g/mol. The third-order valence-corrected chi connectivity index (χ3v) is 11.3. The summed E-state index contributed by atoms with van der Waals surface area (Å²) in [6, 6.07) is 0.549. The molecule has 2 N–H and O–H groups in total. The lowest BCUT2D eigenvalue weighted by molar-refractivity contribution is -0.143. The summed E-state index contributed by atoms with van der Waals surface area (Å²) in [7, 11) is 4.49. The van der Waals surface area contributed by atoms with E-state index in [4.69, 9.17) is 0 Å². The highest BCUT2D eigenvalue weighted by Crippen LogP contribution is 2.67. The molecule has 0 aliphatic heterocycles. The van der Waals surface area contributed by atoms with Gasteiger partial charge in [0.25, 0.3) is 0 Å². The van der Waals surface area contributed by atoms with Gasteiger partial charge >= 0.3 is 0 Å². The van der Waals surface area contributed by atoms with Crippen LogP contribution in [0.4, 0.5) is 0 Å². The van der Waals surface area contributed by atoms with E-state index in [1.807, 2.05) is 19.9 Å². The van der Waals surface area contributed by atoms with E-state index < -0.39 is 6.10 Å². The van der Waals surface area contributed by atoms with Crippen molar-refractivity contribution in [1.82, 2.24) is 10.2 Å². The molecule has 4 fully saturated rings. The maximum absolute atomic E-state index is 12.5. The number of amides is 1. The normalized spacial score (nSPS) is 47.4. The molecule has 4 rings (SSSR count). The van der Waals surface area contributed by atoms with Crippen molar-refractivity contribution in [2.45, 2.75) is 104 Å². The Morgan fingerprint density at radius 1 is 1.09 bits per heavy atom. The predicted molar refractivity (Wildman–Crippen MR) is 131 cm³/mol. The monoisotopic (exact) mass is 444 g/mol. The smallest absolute Gasteiger partial charge is 0.246 e. The number of carbonyl (C=O) groups is 1. The van der Waals surface area contributed by atoms with Crippen LogP contribution in [0.15, 0.2) is 11.6 Å². The third-order valence-electron chi connectivity index (χ3n) is 11.3. The van der Waals surface area contributed by atoms with E-state index in [1.54, 1.807) is 0 Å². The number of hydrogen-bond acceptors (Lipinski definition) is 3. The molecule has 0 saturated heterocycles. The summed E-state index contributed by atoms with van der Waals surface area (Å²) in [4.78, 5) is 14.9.